The summed E-state index contributed by atoms with van der Waals surface area (Å²) in [6.45, 7) is 4.17. The molecule has 19 heavy (non-hydrogen) atoms. The van der Waals surface area contributed by atoms with E-state index in [1.165, 1.54) is 6.20 Å². The fourth-order valence-corrected chi connectivity index (χ4v) is 2.21. The molecule has 1 atom stereocenters. The molecule has 0 saturated heterocycles. The summed E-state index contributed by atoms with van der Waals surface area (Å²) in [4.78, 5) is 15.5. The standard InChI is InChI=1S/C15H18N2O2/c1-3-6-10(2)17-14-11-7-4-5-8-13(11)16-9-12(14)15(18)19/h4-5,7-10H,3,6H2,1-2H3,(H,16,17)(H,18,19). The SMILES string of the molecule is CCCC(C)Nc1c(C(=O)O)cnc2ccccc12. The second-order valence-electron chi connectivity index (χ2n) is 4.70. The van der Waals surface area contributed by atoms with Gasteiger partial charge in [0.25, 0.3) is 0 Å². The number of benzene rings is 1. The zero-order valence-electron chi connectivity index (χ0n) is 11.2. The Morgan fingerprint density at radius 2 is 2.16 bits per heavy atom. The van der Waals surface area contributed by atoms with Crippen LogP contribution in [0.5, 0.6) is 0 Å². The number of nitrogens with one attached hydrogen (secondary N) is 1. The van der Waals surface area contributed by atoms with Crippen molar-refractivity contribution in [3.63, 3.8) is 0 Å². The molecule has 1 aromatic heterocycles. The van der Waals surface area contributed by atoms with Crippen molar-refractivity contribution in [3.05, 3.63) is 36.0 Å². The molecule has 2 N–H and O–H groups in total. The van der Waals surface area contributed by atoms with E-state index in [0.29, 0.717) is 5.69 Å². The molecule has 0 radical (unpaired) electrons. The van der Waals surface area contributed by atoms with Gasteiger partial charge >= 0.3 is 5.97 Å². The number of carboxylic acid groups (broad SMARTS) is 1. The molecule has 2 aromatic rings. The van der Waals surface area contributed by atoms with Crippen LogP contribution in [0.25, 0.3) is 10.9 Å². The Bertz CT molecular complexity index is 596. The molecule has 1 heterocycles. The number of pyridine rings is 1. The van der Waals surface area contributed by atoms with Crippen LogP contribution in [-0.4, -0.2) is 22.1 Å². The largest absolute Gasteiger partial charge is 0.478 e. The number of aromatic carboxylic acids is 1. The fraction of sp³-hybridized carbons (Fsp3) is 0.333. The number of carboxylic acids is 1. The number of hydrogen-bond donors (Lipinski definition) is 2. The van der Waals surface area contributed by atoms with Gasteiger partial charge in [-0.2, -0.15) is 0 Å². The first-order valence-electron chi connectivity index (χ1n) is 6.51. The van der Waals surface area contributed by atoms with Gasteiger partial charge < -0.3 is 10.4 Å². The topological polar surface area (TPSA) is 62.2 Å². The first kappa shape index (κ1) is 13.3. The van der Waals surface area contributed by atoms with Gasteiger partial charge in [-0.3, -0.25) is 4.98 Å². The third kappa shape index (κ3) is 2.84. The highest BCUT2D eigenvalue weighted by Crippen LogP contribution is 2.27. The predicted octanol–water partition coefficient (Wildman–Crippen LogP) is 3.53. The van der Waals surface area contributed by atoms with Gasteiger partial charge in [0.15, 0.2) is 0 Å². The van der Waals surface area contributed by atoms with E-state index in [0.717, 1.165) is 23.7 Å². The van der Waals surface area contributed by atoms with Gasteiger partial charge in [0.2, 0.25) is 0 Å². The lowest BCUT2D eigenvalue weighted by Crippen LogP contribution is -2.17. The van der Waals surface area contributed by atoms with Gasteiger partial charge in [0.05, 0.1) is 11.2 Å². The molecule has 100 valence electrons. The maximum Gasteiger partial charge on any atom is 0.339 e. The van der Waals surface area contributed by atoms with E-state index in [2.05, 4.69) is 24.1 Å². The molecule has 4 heteroatoms. The van der Waals surface area contributed by atoms with E-state index in [1.807, 2.05) is 24.3 Å². The molecule has 0 fully saturated rings. The minimum absolute atomic E-state index is 0.224. The highest BCUT2D eigenvalue weighted by atomic mass is 16.4. The number of anilines is 1. The molecule has 0 spiro atoms. The van der Waals surface area contributed by atoms with Crippen LogP contribution in [0.1, 0.15) is 37.0 Å². The third-order valence-electron chi connectivity index (χ3n) is 3.12. The molecule has 2 rings (SSSR count). The summed E-state index contributed by atoms with van der Waals surface area (Å²) in [6, 6.07) is 7.81. The molecule has 1 unspecified atom stereocenters. The Morgan fingerprint density at radius 3 is 2.84 bits per heavy atom. The van der Waals surface area contributed by atoms with Gasteiger partial charge in [-0.1, -0.05) is 31.5 Å². The first-order valence-corrected chi connectivity index (χ1v) is 6.51. The van der Waals surface area contributed by atoms with Crippen LogP contribution in [0.4, 0.5) is 5.69 Å². The second kappa shape index (κ2) is 5.69. The van der Waals surface area contributed by atoms with E-state index < -0.39 is 5.97 Å². The average molecular weight is 258 g/mol. The molecule has 0 aliphatic carbocycles. The summed E-state index contributed by atoms with van der Waals surface area (Å²) in [7, 11) is 0. The zero-order chi connectivity index (χ0) is 13.8. The smallest absolute Gasteiger partial charge is 0.339 e. The molecule has 0 saturated carbocycles. The van der Waals surface area contributed by atoms with Crippen LogP contribution in [0.3, 0.4) is 0 Å². The maximum atomic E-state index is 11.3. The lowest BCUT2D eigenvalue weighted by Gasteiger charge is -2.17. The van der Waals surface area contributed by atoms with E-state index in [1.54, 1.807) is 0 Å². The van der Waals surface area contributed by atoms with Crippen LogP contribution in [0, 0.1) is 0 Å². The van der Waals surface area contributed by atoms with Crippen molar-refractivity contribution < 1.29 is 9.90 Å². The van der Waals surface area contributed by atoms with Crippen molar-refractivity contribution in [1.82, 2.24) is 4.98 Å². The normalized spacial score (nSPS) is 12.3. The number of para-hydroxylation sites is 1. The van der Waals surface area contributed by atoms with Crippen molar-refractivity contribution in [2.24, 2.45) is 0 Å². The predicted molar refractivity (Wildman–Crippen MR) is 76.7 cm³/mol. The van der Waals surface area contributed by atoms with E-state index in [4.69, 9.17) is 0 Å². The maximum absolute atomic E-state index is 11.3. The van der Waals surface area contributed by atoms with E-state index in [-0.39, 0.29) is 11.6 Å². The van der Waals surface area contributed by atoms with E-state index >= 15 is 0 Å². The van der Waals surface area contributed by atoms with Gasteiger partial charge in [0, 0.05) is 17.6 Å². The molecule has 0 amide bonds. The molecule has 0 aliphatic rings. The molecular weight excluding hydrogens is 240 g/mol. The number of carbonyl (C=O) groups is 1. The third-order valence-corrected chi connectivity index (χ3v) is 3.12. The Labute approximate surface area is 112 Å². The van der Waals surface area contributed by atoms with Gasteiger partial charge in [-0.15, -0.1) is 0 Å². The number of rotatable bonds is 5. The minimum Gasteiger partial charge on any atom is -0.478 e. The molecule has 0 aliphatic heterocycles. The fourth-order valence-electron chi connectivity index (χ4n) is 2.21. The lowest BCUT2D eigenvalue weighted by atomic mass is 10.1. The second-order valence-corrected chi connectivity index (χ2v) is 4.70. The van der Waals surface area contributed by atoms with Crippen molar-refractivity contribution in [2.75, 3.05) is 5.32 Å². The summed E-state index contributed by atoms with van der Waals surface area (Å²) in [5.41, 5.74) is 1.69. The highest BCUT2D eigenvalue weighted by molar-refractivity contribution is 6.04. The van der Waals surface area contributed by atoms with Crippen molar-refractivity contribution in [3.8, 4) is 0 Å². The number of aromatic nitrogens is 1. The number of hydrogen-bond acceptors (Lipinski definition) is 3. The molecule has 4 nitrogen and oxygen atoms in total. The Balaban J connectivity index is 2.52. The van der Waals surface area contributed by atoms with Crippen LogP contribution in [0.2, 0.25) is 0 Å². The Hall–Kier alpha value is -2.10. The minimum atomic E-state index is -0.954. The molecular formula is C15H18N2O2. The van der Waals surface area contributed by atoms with Gasteiger partial charge in [0.1, 0.15) is 5.56 Å². The highest BCUT2D eigenvalue weighted by Gasteiger charge is 2.15. The molecule has 0 bridgehead atoms. The monoisotopic (exact) mass is 258 g/mol. The lowest BCUT2D eigenvalue weighted by molar-refractivity contribution is 0.0697. The number of fused-ring (bicyclic) bond motifs is 1. The number of nitrogens with zero attached hydrogens (tertiary/aromatic N) is 1. The zero-order valence-corrected chi connectivity index (χ0v) is 11.2. The summed E-state index contributed by atoms with van der Waals surface area (Å²) >= 11 is 0. The van der Waals surface area contributed by atoms with Gasteiger partial charge in [-0.25, -0.2) is 4.79 Å². The van der Waals surface area contributed by atoms with Crippen molar-refractivity contribution in [1.29, 1.82) is 0 Å². The Morgan fingerprint density at radius 1 is 1.42 bits per heavy atom. The average Bonchev–Trinajstić information content (AvgIpc) is 2.39. The van der Waals surface area contributed by atoms with Crippen molar-refractivity contribution >= 4 is 22.6 Å². The van der Waals surface area contributed by atoms with Crippen molar-refractivity contribution in [2.45, 2.75) is 32.7 Å². The Kier molecular flexibility index (Phi) is 4.00. The molecule has 1 aromatic carbocycles. The quantitative estimate of drug-likeness (QED) is 0.861. The van der Waals surface area contributed by atoms with Crippen LogP contribution in [-0.2, 0) is 0 Å². The first-order chi connectivity index (χ1) is 9.13. The van der Waals surface area contributed by atoms with Crippen LogP contribution in [0.15, 0.2) is 30.5 Å². The van der Waals surface area contributed by atoms with E-state index in [9.17, 15) is 9.90 Å². The summed E-state index contributed by atoms with van der Waals surface area (Å²) in [6.07, 6.45) is 3.47. The van der Waals surface area contributed by atoms with Crippen LogP contribution < -0.4 is 5.32 Å². The van der Waals surface area contributed by atoms with Crippen LogP contribution >= 0.6 is 0 Å². The van der Waals surface area contributed by atoms with Gasteiger partial charge in [-0.05, 0) is 19.4 Å². The summed E-state index contributed by atoms with van der Waals surface area (Å²) in [5.74, 6) is -0.954. The summed E-state index contributed by atoms with van der Waals surface area (Å²) < 4.78 is 0. The summed E-state index contributed by atoms with van der Waals surface area (Å²) in [5, 5.41) is 13.5.